The zero-order chi connectivity index (χ0) is 19.4. The molecule has 1 N–H and O–H groups in total. The van der Waals surface area contributed by atoms with Crippen LogP contribution in [0.4, 0.5) is 11.4 Å². The third-order valence-corrected chi connectivity index (χ3v) is 4.67. The third-order valence-electron chi connectivity index (χ3n) is 4.67. The number of benzene rings is 3. The van der Waals surface area contributed by atoms with Crippen molar-refractivity contribution in [3.8, 4) is 0 Å². The number of hydrogen-bond acceptors (Lipinski definition) is 2. The van der Waals surface area contributed by atoms with E-state index in [1.165, 1.54) is 0 Å². The van der Waals surface area contributed by atoms with Gasteiger partial charge in [0.1, 0.15) is 0 Å². The van der Waals surface area contributed by atoms with Crippen LogP contribution in [-0.4, -0.2) is 18.9 Å². The van der Waals surface area contributed by atoms with Gasteiger partial charge in [0.25, 0.3) is 11.8 Å². The minimum absolute atomic E-state index is 0.0929. The van der Waals surface area contributed by atoms with Crippen LogP contribution in [-0.2, 0) is 0 Å². The first kappa shape index (κ1) is 18.4. The monoisotopic (exact) mass is 358 g/mol. The molecule has 3 aromatic rings. The molecule has 2 amide bonds. The first-order chi connectivity index (χ1) is 13.0. The second kappa shape index (κ2) is 7.87. The number of nitrogens with one attached hydrogen (secondary N) is 1. The Kier molecular flexibility index (Phi) is 5.36. The molecule has 4 heteroatoms. The van der Waals surface area contributed by atoms with E-state index in [-0.39, 0.29) is 11.8 Å². The lowest BCUT2D eigenvalue weighted by molar-refractivity contribution is 0.0991. The summed E-state index contributed by atoms with van der Waals surface area (Å²) < 4.78 is 0. The number of aryl methyl sites for hydroxylation is 1. The fourth-order valence-electron chi connectivity index (χ4n) is 2.89. The second-order valence-corrected chi connectivity index (χ2v) is 6.48. The Morgan fingerprint density at radius 2 is 1.44 bits per heavy atom. The van der Waals surface area contributed by atoms with Gasteiger partial charge >= 0.3 is 0 Å². The van der Waals surface area contributed by atoms with Crippen molar-refractivity contribution in [1.29, 1.82) is 0 Å². The molecule has 0 atom stereocenters. The SMILES string of the molecule is Cc1cccc(N(C)C(=O)c2ccc(NC(=O)c3ccccc3)cc2)c1C. The molecule has 0 unspecified atom stereocenters. The smallest absolute Gasteiger partial charge is 0.258 e. The van der Waals surface area contributed by atoms with Gasteiger partial charge in [0.05, 0.1) is 0 Å². The molecule has 0 fully saturated rings. The van der Waals surface area contributed by atoms with E-state index in [0.29, 0.717) is 16.8 Å². The lowest BCUT2D eigenvalue weighted by atomic mass is 10.1. The highest BCUT2D eigenvalue weighted by Gasteiger charge is 2.16. The van der Waals surface area contributed by atoms with Crippen molar-refractivity contribution in [2.75, 3.05) is 17.3 Å². The quantitative estimate of drug-likeness (QED) is 0.726. The third kappa shape index (κ3) is 4.06. The molecule has 0 heterocycles. The van der Waals surface area contributed by atoms with Gasteiger partial charge in [-0.25, -0.2) is 0 Å². The lowest BCUT2D eigenvalue weighted by Crippen LogP contribution is -2.27. The summed E-state index contributed by atoms with van der Waals surface area (Å²) in [5.74, 6) is -0.271. The number of carbonyl (C=O) groups is 2. The first-order valence-electron chi connectivity index (χ1n) is 8.78. The summed E-state index contributed by atoms with van der Waals surface area (Å²) in [5.41, 5.74) is 4.92. The van der Waals surface area contributed by atoms with Crippen molar-refractivity contribution < 1.29 is 9.59 Å². The summed E-state index contributed by atoms with van der Waals surface area (Å²) in [5, 5.41) is 2.84. The molecule has 27 heavy (non-hydrogen) atoms. The molecule has 0 spiro atoms. The summed E-state index contributed by atoms with van der Waals surface area (Å²) in [6.07, 6.45) is 0. The molecule has 0 radical (unpaired) electrons. The molecule has 136 valence electrons. The van der Waals surface area contributed by atoms with Crippen molar-refractivity contribution in [1.82, 2.24) is 0 Å². The minimum Gasteiger partial charge on any atom is -0.322 e. The molecule has 0 saturated carbocycles. The predicted octanol–water partition coefficient (Wildman–Crippen LogP) is 4.83. The maximum Gasteiger partial charge on any atom is 0.258 e. The normalized spacial score (nSPS) is 10.3. The van der Waals surface area contributed by atoms with Gasteiger partial charge in [-0.3, -0.25) is 9.59 Å². The summed E-state index contributed by atoms with van der Waals surface area (Å²) in [6, 6.07) is 21.9. The highest BCUT2D eigenvalue weighted by molar-refractivity contribution is 6.07. The molecule has 0 saturated heterocycles. The molecule has 4 nitrogen and oxygen atoms in total. The molecule has 3 aromatic carbocycles. The fourth-order valence-corrected chi connectivity index (χ4v) is 2.89. The van der Waals surface area contributed by atoms with E-state index in [4.69, 9.17) is 0 Å². The van der Waals surface area contributed by atoms with Crippen LogP contribution in [0.15, 0.2) is 72.8 Å². The summed E-state index contributed by atoms with van der Waals surface area (Å²) in [4.78, 5) is 26.7. The Labute approximate surface area is 159 Å². The van der Waals surface area contributed by atoms with Crippen molar-refractivity contribution in [3.63, 3.8) is 0 Å². The van der Waals surface area contributed by atoms with E-state index in [2.05, 4.69) is 5.32 Å². The Balaban J connectivity index is 1.74. The van der Waals surface area contributed by atoms with Crippen LogP contribution in [0.5, 0.6) is 0 Å². The molecule has 0 aromatic heterocycles. The van der Waals surface area contributed by atoms with Gasteiger partial charge in [-0.05, 0) is 67.4 Å². The van der Waals surface area contributed by atoms with E-state index in [0.717, 1.165) is 16.8 Å². The maximum atomic E-state index is 12.8. The summed E-state index contributed by atoms with van der Waals surface area (Å²) >= 11 is 0. The van der Waals surface area contributed by atoms with Gasteiger partial charge < -0.3 is 10.2 Å². The zero-order valence-corrected chi connectivity index (χ0v) is 15.7. The van der Waals surface area contributed by atoms with Gasteiger partial charge in [0.15, 0.2) is 0 Å². The van der Waals surface area contributed by atoms with E-state index < -0.39 is 0 Å². The Morgan fingerprint density at radius 3 is 2.11 bits per heavy atom. The molecule has 3 rings (SSSR count). The van der Waals surface area contributed by atoms with Crippen LogP contribution in [0.25, 0.3) is 0 Å². The number of anilines is 2. The van der Waals surface area contributed by atoms with Gasteiger partial charge in [0, 0.05) is 29.5 Å². The molecule has 0 aliphatic carbocycles. The standard InChI is InChI=1S/C23H22N2O2/c1-16-8-7-11-21(17(16)2)25(3)23(27)19-12-14-20(15-13-19)24-22(26)18-9-5-4-6-10-18/h4-15H,1-3H3,(H,24,26). The lowest BCUT2D eigenvalue weighted by Gasteiger charge is -2.21. The zero-order valence-electron chi connectivity index (χ0n) is 15.7. The van der Waals surface area contributed by atoms with E-state index in [9.17, 15) is 9.59 Å². The molecule has 0 aliphatic heterocycles. The topological polar surface area (TPSA) is 49.4 Å². The van der Waals surface area contributed by atoms with Gasteiger partial charge in [-0.1, -0.05) is 30.3 Å². The van der Waals surface area contributed by atoms with Crippen LogP contribution in [0.2, 0.25) is 0 Å². The van der Waals surface area contributed by atoms with Crippen LogP contribution in [0.3, 0.4) is 0 Å². The Morgan fingerprint density at radius 1 is 0.778 bits per heavy atom. The average Bonchev–Trinajstić information content (AvgIpc) is 2.70. The molecule has 0 aliphatic rings. The van der Waals surface area contributed by atoms with Crippen molar-refractivity contribution in [2.24, 2.45) is 0 Å². The first-order valence-corrected chi connectivity index (χ1v) is 8.78. The van der Waals surface area contributed by atoms with Gasteiger partial charge in [0.2, 0.25) is 0 Å². The maximum absolute atomic E-state index is 12.8. The van der Waals surface area contributed by atoms with Crippen LogP contribution in [0, 0.1) is 13.8 Å². The summed E-state index contributed by atoms with van der Waals surface area (Å²) in [6.45, 7) is 4.04. The van der Waals surface area contributed by atoms with E-state index in [1.807, 2.05) is 50.2 Å². The molecular weight excluding hydrogens is 336 g/mol. The largest absolute Gasteiger partial charge is 0.322 e. The van der Waals surface area contributed by atoms with Crippen molar-refractivity contribution in [3.05, 3.63) is 95.1 Å². The highest BCUT2D eigenvalue weighted by atomic mass is 16.2. The number of hydrogen-bond donors (Lipinski definition) is 1. The number of nitrogens with zero attached hydrogens (tertiary/aromatic N) is 1. The number of carbonyl (C=O) groups excluding carboxylic acids is 2. The van der Waals surface area contributed by atoms with Crippen LogP contribution >= 0.6 is 0 Å². The Bertz CT molecular complexity index is 963. The van der Waals surface area contributed by atoms with Crippen LogP contribution in [0.1, 0.15) is 31.8 Å². The van der Waals surface area contributed by atoms with Gasteiger partial charge in [-0.2, -0.15) is 0 Å². The Hall–Kier alpha value is -3.40. The minimum atomic E-state index is -0.179. The van der Waals surface area contributed by atoms with Crippen molar-refractivity contribution >= 4 is 23.2 Å². The summed E-state index contributed by atoms with van der Waals surface area (Å²) in [7, 11) is 1.77. The van der Waals surface area contributed by atoms with E-state index in [1.54, 1.807) is 48.3 Å². The highest BCUT2D eigenvalue weighted by Crippen LogP contribution is 2.23. The molecular formula is C23H22N2O2. The number of rotatable bonds is 4. The average molecular weight is 358 g/mol. The number of amides is 2. The van der Waals surface area contributed by atoms with Crippen molar-refractivity contribution in [2.45, 2.75) is 13.8 Å². The molecule has 0 bridgehead atoms. The van der Waals surface area contributed by atoms with E-state index >= 15 is 0 Å². The predicted molar refractivity (Wildman–Crippen MR) is 109 cm³/mol. The van der Waals surface area contributed by atoms with Gasteiger partial charge in [-0.15, -0.1) is 0 Å². The second-order valence-electron chi connectivity index (χ2n) is 6.48. The fraction of sp³-hybridized carbons (Fsp3) is 0.130. The van der Waals surface area contributed by atoms with Crippen LogP contribution < -0.4 is 10.2 Å².